The molecule has 0 spiro atoms. The number of hydrogen-bond acceptors (Lipinski definition) is 6. The summed E-state index contributed by atoms with van der Waals surface area (Å²) in [7, 11) is -3.82. The van der Waals surface area contributed by atoms with Crippen molar-refractivity contribution in [2.45, 2.75) is 11.4 Å². The molecule has 0 atom stereocenters. The van der Waals surface area contributed by atoms with Crippen molar-refractivity contribution in [3.05, 3.63) is 73.1 Å². The Hall–Kier alpha value is -3.46. The third kappa shape index (κ3) is 3.94. The molecule has 0 aliphatic heterocycles. The van der Waals surface area contributed by atoms with Crippen molar-refractivity contribution >= 4 is 26.9 Å². The predicted molar refractivity (Wildman–Crippen MR) is 105 cm³/mol. The topological polar surface area (TPSA) is 99.0 Å². The second-order valence-electron chi connectivity index (χ2n) is 5.90. The minimum atomic E-state index is -3.82. The zero-order valence-corrected chi connectivity index (χ0v) is 15.6. The van der Waals surface area contributed by atoms with E-state index in [1.54, 1.807) is 41.2 Å². The lowest BCUT2D eigenvalue weighted by molar-refractivity contribution is 0.282. The SMILES string of the molecule is O=S(=O)(Nc1nc2ccccc2nc1OCCn1cccn1)c1ccccc1. The van der Waals surface area contributed by atoms with Crippen LogP contribution in [0.1, 0.15) is 0 Å². The standard InChI is InChI=1S/C19H17N5O3S/c25-28(26,15-7-2-1-3-8-15)23-18-19(27-14-13-24-12-6-11-20-24)22-17-10-5-4-9-16(17)21-18/h1-12H,13-14H2,(H,21,23). The van der Waals surface area contributed by atoms with Gasteiger partial charge < -0.3 is 4.74 Å². The van der Waals surface area contributed by atoms with Crippen LogP contribution in [0.3, 0.4) is 0 Å². The summed E-state index contributed by atoms with van der Waals surface area (Å²) in [4.78, 5) is 8.96. The molecule has 2 aromatic carbocycles. The molecule has 0 unspecified atom stereocenters. The molecule has 1 N–H and O–H groups in total. The number of benzene rings is 2. The number of aromatic nitrogens is 4. The minimum absolute atomic E-state index is 0.0445. The van der Waals surface area contributed by atoms with E-state index in [0.29, 0.717) is 17.6 Å². The van der Waals surface area contributed by atoms with E-state index in [9.17, 15) is 8.42 Å². The van der Waals surface area contributed by atoms with Gasteiger partial charge in [-0.05, 0) is 30.3 Å². The minimum Gasteiger partial charge on any atom is -0.473 e. The molecule has 0 fully saturated rings. The average Bonchev–Trinajstić information content (AvgIpc) is 3.22. The molecule has 0 amide bonds. The normalized spacial score (nSPS) is 11.4. The smallest absolute Gasteiger partial charge is 0.263 e. The van der Waals surface area contributed by atoms with Crippen LogP contribution in [0.2, 0.25) is 0 Å². The van der Waals surface area contributed by atoms with E-state index < -0.39 is 10.0 Å². The zero-order chi connectivity index (χ0) is 19.4. The monoisotopic (exact) mass is 395 g/mol. The average molecular weight is 395 g/mol. The summed E-state index contributed by atoms with van der Waals surface area (Å²) < 4.78 is 35.3. The summed E-state index contributed by atoms with van der Waals surface area (Å²) in [5, 5.41) is 4.11. The summed E-state index contributed by atoms with van der Waals surface area (Å²) in [5.74, 6) is 0.161. The first-order valence-corrected chi connectivity index (χ1v) is 10.0. The van der Waals surface area contributed by atoms with Crippen LogP contribution in [0.25, 0.3) is 11.0 Å². The van der Waals surface area contributed by atoms with Crippen LogP contribution in [0.5, 0.6) is 5.88 Å². The number of ether oxygens (including phenoxy) is 1. The molecule has 2 heterocycles. The molecule has 9 heteroatoms. The Morgan fingerprint density at radius 3 is 2.36 bits per heavy atom. The Balaban J connectivity index is 1.65. The van der Waals surface area contributed by atoms with E-state index in [0.717, 1.165) is 0 Å². The van der Waals surface area contributed by atoms with E-state index in [4.69, 9.17) is 4.74 Å². The molecular formula is C19H17N5O3S. The van der Waals surface area contributed by atoms with Gasteiger partial charge in [0.2, 0.25) is 5.82 Å². The second kappa shape index (κ2) is 7.65. The zero-order valence-electron chi connectivity index (χ0n) is 14.8. The number of sulfonamides is 1. The van der Waals surface area contributed by atoms with Crippen molar-refractivity contribution in [2.24, 2.45) is 0 Å². The Labute approximate surface area is 161 Å². The van der Waals surface area contributed by atoms with Crippen LogP contribution >= 0.6 is 0 Å². The van der Waals surface area contributed by atoms with Crippen molar-refractivity contribution in [2.75, 3.05) is 11.3 Å². The number of anilines is 1. The van der Waals surface area contributed by atoms with E-state index >= 15 is 0 Å². The number of nitrogens with one attached hydrogen (secondary N) is 1. The highest BCUT2D eigenvalue weighted by Crippen LogP contribution is 2.26. The summed E-state index contributed by atoms with van der Waals surface area (Å²) >= 11 is 0. The van der Waals surface area contributed by atoms with Gasteiger partial charge in [-0.2, -0.15) is 5.10 Å². The molecule has 4 rings (SSSR count). The second-order valence-corrected chi connectivity index (χ2v) is 7.58. The van der Waals surface area contributed by atoms with Gasteiger partial charge in [0, 0.05) is 12.4 Å². The molecule has 2 aromatic heterocycles. The maximum absolute atomic E-state index is 12.7. The molecule has 0 aliphatic rings. The fourth-order valence-corrected chi connectivity index (χ4v) is 3.63. The highest BCUT2D eigenvalue weighted by molar-refractivity contribution is 7.92. The van der Waals surface area contributed by atoms with Crippen molar-refractivity contribution in [3.63, 3.8) is 0 Å². The van der Waals surface area contributed by atoms with Crippen LogP contribution in [-0.4, -0.2) is 34.8 Å². The Bertz CT molecular complexity index is 1180. The van der Waals surface area contributed by atoms with Crippen molar-refractivity contribution in [1.82, 2.24) is 19.7 Å². The lowest BCUT2D eigenvalue weighted by Crippen LogP contribution is -2.17. The van der Waals surface area contributed by atoms with Crippen LogP contribution < -0.4 is 9.46 Å². The van der Waals surface area contributed by atoms with Crippen molar-refractivity contribution < 1.29 is 13.2 Å². The quantitative estimate of drug-likeness (QED) is 0.517. The fraction of sp³-hybridized carbons (Fsp3) is 0.105. The van der Waals surface area contributed by atoms with Crippen LogP contribution in [0.15, 0.2) is 78.0 Å². The van der Waals surface area contributed by atoms with Crippen LogP contribution in [0, 0.1) is 0 Å². The van der Waals surface area contributed by atoms with E-state index in [1.807, 2.05) is 24.4 Å². The van der Waals surface area contributed by atoms with E-state index in [1.165, 1.54) is 12.1 Å². The largest absolute Gasteiger partial charge is 0.473 e. The molecule has 4 aromatic rings. The fourth-order valence-electron chi connectivity index (χ4n) is 2.61. The Morgan fingerprint density at radius 1 is 0.929 bits per heavy atom. The Kier molecular flexibility index (Phi) is 4.90. The van der Waals surface area contributed by atoms with Gasteiger partial charge in [0.15, 0.2) is 0 Å². The van der Waals surface area contributed by atoms with Gasteiger partial charge in [-0.15, -0.1) is 0 Å². The van der Waals surface area contributed by atoms with E-state index in [-0.39, 0.29) is 23.2 Å². The molecule has 28 heavy (non-hydrogen) atoms. The molecule has 0 saturated carbocycles. The number of para-hydroxylation sites is 2. The van der Waals surface area contributed by atoms with Crippen LogP contribution in [0.4, 0.5) is 5.82 Å². The highest BCUT2D eigenvalue weighted by atomic mass is 32.2. The molecule has 8 nitrogen and oxygen atoms in total. The number of rotatable bonds is 7. The predicted octanol–water partition coefficient (Wildman–Crippen LogP) is 2.71. The van der Waals surface area contributed by atoms with Crippen LogP contribution in [-0.2, 0) is 16.6 Å². The van der Waals surface area contributed by atoms with Crippen molar-refractivity contribution in [3.8, 4) is 5.88 Å². The molecule has 0 aliphatic carbocycles. The van der Waals surface area contributed by atoms with Crippen molar-refractivity contribution in [1.29, 1.82) is 0 Å². The molecule has 0 saturated heterocycles. The molecule has 142 valence electrons. The van der Waals surface area contributed by atoms with Gasteiger partial charge in [0.05, 0.1) is 22.5 Å². The third-order valence-electron chi connectivity index (χ3n) is 3.94. The van der Waals surface area contributed by atoms with Gasteiger partial charge in [0.1, 0.15) is 6.61 Å². The molecule has 0 bridgehead atoms. The third-order valence-corrected chi connectivity index (χ3v) is 5.30. The lowest BCUT2D eigenvalue weighted by atomic mass is 10.3. The maximum Gasteiger partial charge on any atom is 0.263 e. The Morgan fingerprint density at radius 2 is 1.64 bits per heavy atom. The first-order valence-electron chi connectivity index (χ1n) is 8.57. The summed E-state index contributed by atoms with van der Waals surface area (Å²) in [6.07, 6.45) is 3.49. The summed E-state index contributed by atoms with van der Waals surface area (Å²) in [6.45, 7) is 0.751. The summed E-state index contributed by atoms with van der Waals surface area (Å²) in [5.41, 5.74) is 1.17. The molecule has 0 radical (unpaired) electrons. The van der Waals surface area contributed by atoms with Gasteiger partial charge >= 0.3 is 0 Å². The lowest BCUT2D eigenvalue weighted by Gasteiger charge is -2.13. The molecular weight excluding hydrogens is 378 g/mol. The van der Waals surface area contributed by atoms with Gasteiger partial charge in [-0.1, -0.05) is 30.3 Å². The van der Waals surface area contributed by atoms with Gasteiger partial charge in [-0.3, -0.25) is 9.40 Å². The number of nitrogens with zero attached hydrogens (tertiary/aromatic N) is 4. The van der Waals surface area contributed by atoms with E-state index in [2.05, 4.69) is 19.8 Å². The highest BCUT2D eigenvalue weighted by Gasteiger charge is 2.19. The number of hydrogen-bond donors (Lipinski definition) is 1. The van der Waals surface area contributed by atoms with Gasteiger partial charge in [0.25, 0.3) is 15.9 Å². The van der Waals surface area contributed by atoms with Gasteiger partial charge in [-0.25, -0.2) is 18.4 Å². The summed E-state index contributed by atoms with van der Waals surface area (Å²) in [6, 6.07) is 17.1. The maximum atomic E-state index is 12.7. The first kappa shape index (κ1) is 17.9. The first-order chi connectivity index (χ1) is 13.6. The number of fused-ring (bicyclic) bond motifs is 1.